The highest BCUT2D eigenvalue weighted by Gasteiger charge is 2.56. The standard InChI is InChI=1S/C26H23F3N6O2/c1-15-6-21(34-5-4-26(14-30,24(34)37)19-2-3-19)10-22(33-15)23(36)31-11-16-7-17(9-20(27)8-16)18-12-32-35(13-18)25(28)29/h6-10,12-13,19,25H,2-5,11H2,1H3,(H,31,36)/t26-/m1/s1. The van der Waals surface area contributed by atoms with Crippen molar-refractivity contribution < 1.29 is 22.8 Å². The Kier molecular flexibility index (Phi) is 6.19. The number of pyridine rings is 1. The molecule has 8 nitrogen and oxygen atoms in total. The number of carbonyl (C=O) groups excluding carboxylic acids is 2. The topological polar surface area (TPSA) is 104 Å². The predicted octanol–water partition coefficient (Wildman–Crippen LogP) is 4.37. The molecule has 11 heteroatoms. The molecule has 2 fully saturated rings. The van der Waals surface area contributed by atoms with E-state index in [2.05, 4.69) is 21.5 Å². The molecular formula is C26H23F3N6O2. The number of aryl methyl sites for hydroxylation is 1. The van der Waals surface area contributed by atoms with Crippen LogP contribution in [0.2, 0.25) is 0 Å². The minimum absolute atomic E-state index is 0.0423. The second-order valence-corrected chi connectivity index (χ2v) is 9.43. The van der Waals surface area contributed by atoms with E-state index in [1.165, 1.54) is 24.4 Å². The van der Waals surface area contributed by atoms with Crippen molar-refractivity contribution in [2.75, 3.05) is 11.4 Å². The summed E-state index contributed by atoms with van der Waals surface area (Å²) in [4.78, 5) is 31.9. The number of nitriles is 1. The fourth-order valence-corrected chi connectivity index (χ4v) is 4.84. The number of aromatic nitrogens is 3. The molecule has 2 amide bonds. The van der Waals surface area contributed by atoms with Crippen LogP contribution in [0.15, 0.2) is 42.7 Å². The molecule has 1 N–H and O–H groups in total. The first-order chi connectivity index (χ1) is 17.7. The first-order valence-electron chi connectivity index (χ1n) is 11.8. The maximum absolute atomic E-state index is 14.2. The maximum atomic E-state index is 14.2. The third-order valence-corrected chi connectivity index (χ3v) is 6.86. The lowest BCUT2D eigenvalue weighted by atomic mass is 9.83. The molecule has 1 atom stereocenters. The van der Waals surface area contributed by atoms with E-state index >= 15 is 0 Å². The summed E-state index contributed by atoms with van der Waals surface area (Å²) in [6.07, 6.45) is 4.52. The minimum atomic E-state index is -2.81. The number of anilines is 1. The number of hydrogen-bond acceptors (Lipinski definition) is 5. The van der Waals surface area contributed by atoms with Crippen LogP contribution in [0.4, 0.5) is 18.9 Å². The molecule has 3 heterocycles. The summed E-state index contributed by atoms with van der Waals surface area (Å²) in [5, 5.41) is 16.0. The average molecular weight is 509 g/mol. The van der Waals surface area contributed by atoms with Crippen molar-refractivity contribution >= 4 is 17.5 Å². The Morgan fingerprint density at radius 2 is 2.03 bits per heavy atom. The zero-order chi connectivity index (χ0) is 26.3. The molecule has 1 aliphatic heterocycles. The van der Waals surface area contributed by atoms with Crippen LogP contribution in [-0.4, -0.2) is 33.1 Å². The number of nitrogens with one attached hydrogen (secondary N) is 1. The molecule has 5 rings (SSSR count). The van der Waals surface area contributed by atoms with Gasteiger partial charge in [-0.1, -0.05) is 0 Å². The van der Waals surface area contributed by atoms with Gasteiger partial charge < -0.3 is 10.2 Å². The molecule has 3 aromatic rings. The van der Waals surface area contributed by atoms with Gasteiger partial charge in [-0.2, -0.15) is 19.1 Å². The van der Waals surface area contributed by atoms with Crippen LogP contribution in [0, 0.1) is 35.4 Å². The van der Waals surface area contributed by atoms with Gasteiger partial charge in [0.05, 0.1) is 12.3 Å². The smallest absolute Gasteiger partial charge is 0.333 e. The molecule has 1 aromatic carbocycles. The van der Waals surface area contributed by atoms with Gasteiger partial charge in [-0.3, -0.25) is 9.59 Å². The Balaban J connectivity index is 1.32. The number of halogens is 3. The van der Waals surface area contributed by atoms with E-state index in [1.54, 1.807) is 24.0 Å². The molecule has 1 aliphatic carbocycles. The number of benzene rings is 1. The number of rotatable bonds is 7. The van der Waals surface area contributed by atoms with Crippen LogP contribution in [-0.2, 0) is 11.3 Å². The Hall–Kier alpha value is -4.20. The van der Waals surface area contributed by atoms with Gasteiger partial charge in [0.1, 0.15) is 16.9 Å². The molecule has 190 valence electrons. The summed E-state index contributed by atoms with van der Waals surface area (Å²) in [7, 11) is 0. The van der Waals surface area contributed by atoms with Crippen molar-refractivity contribution in [1.29, 1.82) is 5.26 Å². The van der Waals surface area contributed by atoms with E-state index in [0.717, 1.165) is 19.0 Å². The van der Waals surface area contributed by atoms with Crippen molar-refractivity contribution in [3.63, 3.8) is 0 Å². The van der Waals surface area contributed by atoms with E-state index in [4.69, 9.17) is 0 Å². The third-order valence-electron chi connectivity index (χ3n) is 6.86. The molecule has 0 spiro atoms. The van der Waals surface area contributed by atoms with Crippen molar-refractivity contribution in [3.05, 3.63) is 65.5 Å². The lowest BCUT2D eigenvalue weighted by Crippen LogP contribution is -2.35. The number of alkyl halides is 2. The molecule has 0 unspecified atom stereocenters. The molecular weight excluding hydrogens is 485 g/mol. The van der Waals surface area contributed by atoms with Crippen LogP contribution < -0.4 is 10.2 Å². The van der Waals surface area contributed by atoms with Crippen LogP contribution in [0.25, 0.3) is 11.1 Å². The lowest BCUT2D eigenvalue weighted by molar-refractivity contribution is -0.123. The fraction of sp³-hybridized carbons (Fsp3) is 0.346. The highest BCUT2D eigenvalue weighted by atomic mass is 19.3. The van der Waals surface area contributed by atoms with E-state index in [-0.39, 0.29) is 24.1 Å². The van der Waals surface area contributed by atoms with Crippen LogP contribution in [0.1, 0.15) is 47.6 Å². The van der Waals surface area contributed by atoms with Gasteiger partial charge in [0, 0.05) is 36.2 Å². The highest BCUT2D eigenvalue weighted by molar-refractivity contribution is 6.03. The summed E-state index contributed by atoms with van der Waals surface area (Å²) in [6, 6.07) is 9.47. The molecule has 37 heavy (non-hydrogen) atoms. The molecule has 2 aliphatic rings. The molecule has 1 saturated heterocycles. The van der Waals surface area contributed by atoms with Gasteiger partial charge in [-0.25, -0.2) is 14.1 Å². The lowest BCUT2D eigenvalue weighted by Gasteiger charge is -2.21. The summed E-state index contributed by atoms with van der Waals surface area (Å²) < 4.78 is 40.4. The normalized spacial score (nSPS) is 19.4. The summed E-state index contributed by atoms with van der Waals surface area (Å²) in [5.41, 5.74) is 1.19. The Bertz CT molecular complexity index is 1430. The Morgan fingerprint density at radius 3 is 2.70 bits per heavy atom. The van der Waals surface area contributed by atoms with Crippen LogP contribution in [0.3, 0.4) is 0 Å². The van der Waals surface area contributed by atoms with Crippen LogP contribution in [0.5, 0.6) is 0 Å². The van der Waals surface area contributed by atoms with Gasteiger partial charge in [-0.15, -0.1) is 0 Å². The average Bonchev–Trinajstić information content (AvgIpc) is 3.49. The van der Waals surface area contributed by atoms with Gasteiger partial charge in [0.25, 0.3) is 5.91 Å². The minimum Gasteiger partial charge on any atom is -0.347 e. The molecule has 2 aromatic heterocycles. The van der Waals surface area contributed by atoms with Crippen molar-refractivity contribution in [1.82, 2.24) is 20.1 Å². The zero-order valence-corrected chi connectivity index (χ0v) is 19.9. The first-order valence-corrected chi connectivity index (χ1v) is 11.8. The summed E-state index contributed by atoms with van der Waals surface area (Å²) in [6.45, 7) is -0.757. The zero-order valence-electron chi connectivity index (χ0n) is 19.9. The molecule has 0 radical (unpaired) electrons. The van der Waals surface area contributed by atoms with Gasteiger partial charge in [0.2, 0.25) is 5.91 Å². The van der Waals surface area contributed by atoms with E-state index in [0.29, 0.717) is 45.7 Å². The number of carbonyl (C=O) groups is 2. The largest absolute Gasteiger partial charge is 0.347 e. The number of amides is 2. The second-order valence-electron chi connectivity index (χ2n) is 9.43. The van der Waals surface area contributed by atoms with Crippen molar-refractivity contribution in [2.45, 2.75) is 39.3 Å². The monoisotopic (exact) mass is 508 g/mol. The van der Waals surface area contributed by atoms with Crippen molar-refractivity contribution in [3.8, 4) is 17.2 Å². The summed E-state index contributed by atoms with van der Waals surface area (Å²) in [5.74, 6) is -1.27. The second kappa shape index (κ2) is 9.35. The number of hydrogen-bond donors (Lipinski definition) is 1. The maximum Gasteiger partial charge on any atom is 0.333 e. The quantitative estimate of drug-likeness (QED) is 0.510. The number of nitrogens with zero attached hydrogens (tertiary/aromatic N) is 5. The Labute approximate surface area is 210 Å². The van der Waals surface area contributed by atoms with E-state index in [1.807, 2.05) is 0 Å². The molecule has 1 saturated carbocycles. The highest BCUT2D eigenvalue weighted by Crippen LogP contribution is 2.51. The first kappa shape index (κ1) is 24.5. The summed E-state index contributed by atoms with van der Waals surface area (Å²) >= 11 is 0. The van der Waals surface area contributed by atoms with Gasteiger partial charge >= 0.3 is 6.55 Å². The van der Waals surface area contributed by atoms with Gasteiger partial charge in [-0.05, 0) is 73.6 Å². The SMILES string of the molecule is Cc1cc(N2CC[C@@](C#N)(C3CC3)C2=O)cc(C(=O)NCc2cc(F)cc(-c3cnn(C(F)F)c3)c2)n1. The van der Waals surface area contributed by atoms with E-state index in [9.17, 15) is 28.0 Å². The van der Waals surface area contributed by atoms with Gasteiger partial charge in [0.15, 0.2) is 0 Å². The van der Waals surface area contributed by atoms with Crippen LogP contribution >= 0.6 is 0 Å². The molecule has 0 bridgehead atoms. The predicted molar refractivity (Wildman–Crippen MR) is 127 cm³/mol. The Morgan fingerprint density at radius 1 is 1.24 bits per heavy atom. The third kappa shape index (κ3) is 4.67. The van der Waals surface area contributed by atoms with E-state index < -0.39 is 23.7 Å². The van der Waals surface area contributed by atoms with Crippen molar-refractivity contribution in [2.24, 2.45) is 11.3 Å². The fourth-order valence-electron chi connectivity index (χ4n) is 4.84.